The number of methoxy groups -OCH3 is 1. The molecule has 0 fully saturated rings. The van der Waals surface area contributed by atoms with Gasteiger partial charge in [0, 0.05) is 14.2 Å². The van der Waals surface area contributed by atoms with Crippen LogP contribution >= 0.6 is 22.9 Å². The van der Waals surface area contributed by atoms with Crippen LogP contribution in [0.25, 0.3) is 0 Å². The molecule has 2 nitrogen and oxygen atoms in total. The van der Waals surface area contributed by atoms with Gasteiger partial charge < -0.3 is 9.64 Å². The molecule has 0 saturated carbocycles. The number of hydrogen-bond acceptors (Lipinski definition) is 3. The van der Waals surface area contributed by atoms with Crippen LogP contribution in [0.5, 0.6) is 0 Å². The van der Waals surface area contributed by atoms with E-state index in [0.717, 1.165) is 9.34 Å². The summed E-state index contributed by atoms with van der Waals surface area (Å²) in [6.45, 7) is 0.594. The van der Waals surface area contributed by atoms with Crippen LogP contribution in [0.4, 0.5) is 5.00 Å². The second kappa shape index (κ2) is 3.95. The van der Waals surface area contributed by atoms with Crippen molar-refractivity contribution in [1.82, 2.24) is 0 Å². The Labute approximate surface area is 75.3 Å². The van der Waals surface area contributed by atoms with Crippen LogP contribution in [-0.4, -0.2) is 20.9 Å². The van der Waals surface area contributed by atoms with E-state index < -0.39 is 0 Å². The third-order valence-corrected chi connectivity index (χ3v) is 2.60. The van der Waals surface area contributed by atoms with Crippen LogP contribution in [0, 0.1) is 0 Å². The fourth-order valence-electron chi connectivity index (χ4n) is 0.767. The highest BCUT2D eigenvalue weighted by molar-refractivity contribution is 7.19. The molecule has 0 radical (unpaired) electrons. The number of rotatable bonds is 3. The highest BCUT2D eigenvalue weighted by atomic mass is 35.5. The molecule has 0 unspecified atom stereocenters. The first-order valence-corrected chi connectivity index (χ1v) is 4.39. The lowest BCUT2D eigenvalue weighted by Gasteiger charge is -2.14. The summed E-state index contributed by atoms with van der Waals surface area (Å²) in [5.74, 6) is 0. The van der Waals surface area contributed by atoms with Crippen LogP contribution in [0.1, 0.15) is 0 Å². The maximum absolute atomic E-state index is 5.76. The molecule has 0 N–H and O–H groups in total. The molecule has 0 bridgehead atoms. The molecule has 4 heteroatoms. The molecule has 0 atom stereocenters. The van der Waals surface area contributed by atoms with Crippen LogP contribution in [0.2, 0.25) is 4.34 Å². The molecule has 1 heterocycles. The molecule has 62 valence electrons. The van der Waals surface area contributed by atoms with Gasteiger partial charge in [0.2, 0.25) is 0 Å². The van der Waals surface area contributed by atoms with Crippen LogP contribution < -0.4 is 4.90 Å². The van der Waals surface area contributed by atoms with Gasteiger partial charge in [-0.05, 0) is 12.1 Å². The number of ether oxygens (including phenoxy) is 1. The number of anilines is 1. The van der Waals surface area contributed by atoms with Gasteiger partial charge in [0.15, 0.2) is 0 Å². The molecule has 1 rings (SSSR count). The molecule has 0 aliphatic carbocycles. The fraction of sp³-hybridized carbons (Fsp3) is 0.429. The van der Waals surface area contributed by atoms with Gasteiger partial charge in [-0.25, -0.2) is 0 Å². The largest absolute Gasteiger partial charge is 0.364 e. The highest BCUT2D eigenvalue weighted by Crippen LogP contribution is 2.28. The lowest BCUT2D eigenvalue weighted by Crippen LogP contribution is -2.18. The maximum Gasteiger partial charge on any atom is 0.118 e. The van der Waals surface area contributed by atoms with E-state index in [2.05, 4.69) is 0 Å². The molecular weight excluding hydrogens is 182 g/mol. The van der Waals surface area contributed by atoms with Crippen molar-refractivity contribution >= 4 is 27.9 Å². The Balaban J connectivity index is 2.60. The Bertz CT molecular complexity index is 226. The van der Waals surface area contributed by atoms with Gasteiger partial charge in [-0.1, -0.05) is 11.6 Å². The summed E-state index contributed by atoms with van der Waals surface area (Å²) in [6, 6.07) is 3.86. The smallest absolute Gasteiger partial charge is 0.118 e. The van der Waals surface area contributed by atoms with Gasteiger partial charge in [-0.15, -0.1) is 11.3 Å². The summed E-state index contributed by atoms with van der Waals surface area (Å²) in [7, 11) is 3.64. The predicted molar refractivity (Wildman–Crippen MR) is 49.6 cm³/mol. The normalized spacial score (nSPS) is 10.1. The Hall–Kier alpha value is -0.250. The molecule has 11 heavy (non-hydrogen) atoms. The second-order valence-corrected chi connectivity index (χ2v) is 3.89. The lowest BCUT2D eigenvalue weighted by atomic mass is 10.6. The van der Waals surface area contributed by atoms with Gasteiger partial charge >= 0.3 is 0 Å². The maximum atomic E-state index is 5.76. The van der Waals surface area contributed by atoms with Crippen molar-refractivity contribution in [1.29, 1.82) is 0 Å². The fourth-order valence-corrected chi connectivity index (χ4v) is 1.75. The summed E-state index contributed by atoms with van der Waals surface area (Å²) < 4.78 is 5.77. The average Bonchev–Trinajstić information content (AvgIpc) is 2.36. The summed E-state index contributed by atoms with van der Waals surface area (Å²) >= 11 is 7.30. The van der Waals surface area contributed by atoms with Gasteiger partial charge in [-0.3, -0.25) is 0 Å². The zero-order chi connectivity index (χ0) is 8.27. The minimum Gasteiger partial charge on any atom is -0.364 e. The van der Waals surface area contributed by atoms with Gasteiger partial charge in [0.05, 0.1) is 9.34 Å². The molecule has 0 saturated heterocycles. The summed E-state index contributed by atoms with van der Waals surface area (Å²) in [4.78, 5) is 2.00. The number of hydrogen-bond donors (Lipinski definition) is 0. The Morgan fingerprint density at radius 1 is 1.64 bits per heavy atom. The number of nitrogens with zero attached hydrogens (tertiary/aromatic N) is 1. The lowest BCUT2D eigenvalue weighted by molar-refractivity contribution is 0.202. The highest BCUT2D eigenvalue weighted by Gasteiger charge is 2.01. The van der Waals surface area contributed by atoms with Crippen molar-refractivity contribution in [3.8, 4) is 0 Å². The first-order chi connectivity index (χ1) is 5.24. The van der Waals surface area contributed by atoms with Crippen LogP contribution in [0.15, 0.2) is 12.1 Å². The average molecular weight is 192 g/mol. The Morgan fingerprint density at radius 2 is 2.36 bits per heavy atom. The molecular formula is C7H10ClNOS. The van der Waals surface area contributed by atoms with Gasteiger partial charge in [0.25, 0.3) is 0 Å². The minimum absolute atomic E-state index is 0.594. The molecule has 1 aromatic heterocycles. The van der Waals surface area contributed by atoms with Crippen molar-refractivity contribution in [3.63, 3.8) is 0 Å². The summed E-state index contributed by atoms with van der Waals surface area (Å²) in [5, 5.41) is 1.12. The Kier molecular flexibility index (Phi) is 3.17. The Morgan fingerprint density at radius 3 is 2.82 bits per heavy atom. The minimum atomic E-state index is 0.594. The van der Waals surface area contributed by atoms with Crippen molar-refractivity contribution < 1.29 is 4.74 Å². The van der Waals surface area contributed by atoms with E-state index in [-0.39, 0.29) is 0 Å². The van der Waals surface area contributed by atoms with Crippen molar-refractivity contribution in [2.24, 2.45) is 0 Å². The molecule has 0 aromatic carbocycles. The van der Waals surface area contributed by atoms with Crippen molar-refractivity contribution in [3.05, 3.63) is 16.5 Å². The zero-order valence-corrected chi connectivity index (χ0v) is 8.08. The third-order valence-electron chi connectivity index (χ3n) is 1.26. The third kappa shape index (κ3) is 2.36. The summed E-state index contributed by atoms with van der Waals surface area (Å²) in [5.41, 5.74) is 0. The van der Waals surface area contributed by atoms with Gasteiger partial charge in [-0.2, -0.15) is 0 Å². The number of thiophene rings is 1. The van der Waals surface area contributed by atoms with Crippen molar-refractivity contribution in [2.75, 3.05) is 25.8 Å². The van der Waals surface area contributed by atoms with E-state index in [4.69, 9.17) is 16.3 Å². The van der Waals surface area contributed by atoms with E-state index in [1.807, 2.05) is 24.1 Å². The predicted octanol–water partition coefficient (Wildman–Crippen LogP) is 2.44. The SMILES string of the molecule is COCN(C)c1ccc(Cl)s1. The van der Waals surface area contributed by atoms with Crippen LogP contribution in [0.3, 0.4) is 0 Å². The molecule has 0 spiro atoms. The van der Waals surface area contributed by atoms with E-state index >= 15 is 0 Å². The standard InChI is InChI=1S/C7H10ClNOS/c1-9(5-10-2)7-4-3-6(8)11-7/h3-4H,5H2,1-2H3. The molecule has 1 aromatic rings. The van der Waals surface area contributed by atoms with Gasteiger partial charge in [0.1, 0.15) is 6.73 Å². The topological polar surface area (TPSA) is 12.5 Å². The molecule has 0 amide bonds. The first-order valence-electron chi connectivity index (χ1n) is 3.19. The second-order valence-electron chi connectivity index (χ2n) is 2.19. The monoisotopic (exact) mass is 191 g/mol. The van der Waals surface area contributed by atoms with E-state index in [9.17, 15) is 0 Å². The van der Waals surface area contributed by atoms with E-state index in [0.29, 0.717) is 6.73 Å². The zero-order valence-electron chi connectivity index (χ0n) is 6.50. The first kappa shape index (κ1) is 8.84. The molecule has 0 aliphatic heterocycles. The quantitative estimate of drug-likeness (QED) is 0.681. The van der Waals surface area contributed by atoms with E-state index in [1.54, 1.807) is 18.4 Å². The molecule has 0 aliphatic rings. The van der Waals surface area contributed by atoms with Crippen molar-refractivity contribution in [2.45, 2.75) is 0 Å². The van der Waals surface area contributed by atoms with E-state index in [1.165, 1.54) is 0 Å². The van der Waals surface area contributed by atoms with Crippen LogP contribution in [-0.2, 0) is 4.74 Å². The summed E-state index contributed by atoms with van der Waals surface area (Å²) in [6.07, 6.45) is 0. The number of halogens is 1.